The number of benzene rings is 1. The van der Waals surface area contributed by atoms with Crippen molar-refractivity contribution in [2.45, 2.75) is 58.2 Å². The molecule has 0 aliphatic carbocycles. The second-order valence-electron chi connectivity index (χ2n) is 7.93. The fourth-order valence-electron chi connectivity index (χ4n) is 3.32. The van der Waals surface area contributed by atoms with E-state index in [1.807, 2.05) is 33.8 Å². The first-order valence-corrected chi connectivity index (χ1v) is 9.26. The number of hydrogen-bond donors (Lipinski definition) is 2. The Morgan fingerprint density at radius 1 is 1.33 bits per heavy atom. The zero-order valence-electron chi connectivity index (χ0n) is 16.3. The number of halogens is 1. The van der Waals surface area contributed by atoms with Gasteiger partial charge >= 0.3 is 6.03 Å². The van der Waals surface area contributed by atoms with Gasteiger partial charge in [-0.2, -0.15) is 5.10 Å². The van der Waals surface area contributed by atoms with Gasteiger partial charge in [-0.1, -0.05) is 12.1 Å². The quantitative estimate of drug-likeness (QED) is 0.846. The van der Waals surface area contributed by atoms with Crippen molar-refractivity contribution in [3.05, 3.63) is 47.4 Å². The Labute approximate surface area is 159 Å². The van der Waals surface area contributed by atoms with E-state index >= 15 is 0 Å². The third-order valence-electron chi connectivity index (χ3n) is 4.56. The lowest BCUT2D eigenvalue weighted by Crippen LogP contribution is -2.39. The predicted octanol–water partition coefficient (Wildman–Crippen LogP) is 4.13. The van der Waals surface area contributed by atoms with Gasteiger partial charge in [0.25, 0.3) is 0 Å². The van der Waals surface area contributed by atoms with Crippen molar-refractivity contribution >= 4 is 11.8 Å². The molecule has 0 bridgehead atoms. The number of nitrogens with one attached hydrogen (secondary N) is 2. The minimum absolute atomic E-state index is 0.129. The monoisotopic (exact) mass is 374 g/mol. The smallest absolute Gasteiger partial charge is 0.320 e. The molecule has 2 atom stereocenters. The second kappa shape index (κ2) is 7.68. The molecule has 2 aromatic rings. The number of ether oxygens (including phenoxy) is 1. The molecule has 1 aromatic heterocycles. The summed E-state index contributed by atoms with van der Waals surface area (Å²) in [6.45, 7) is 8.63. The van der Waals surface area contributed by atoms with E-state index in [1.165, 1.54) is 12.1 Å². The summed E-state index contributed by atoms with van der Waals surface area (Å²) in [5.74, 6) is 0.321. The first-order valence-electron chi connectivity index (χ1n) is 9.26. The zero-order valence-corrected chi connectivity index (χ0v) is 16.3. The van der Waals surface area contributed by atoms with Crippen LogP contribution in [0.3, 0.4) is 0 Å². The maximum atomic E-state index is 13.3. The largest absolute Gasteiger partial charge is 0.376 e. The molecule has 6 nitrogen and oxygen atoms in total. The molecule has 1 saturated heterocycles. The highest BCUT2D eigenvalue weighted by Crippen LogP contribution is 2.28. The minimum atomic E-state index is -0.347. The predicted molar refractivity (Wildman–Crippen MR) is 102 cm³/mol. The molecular formula is C20H27FN4O2. The molecule has 7 heteroatoms. The summed E-state index contributed by atoms with van der Waals surface area (Å²) < 4.78 is 20.9. The van der Waals surface area contributed by atoms with Gasteiger partial charge in [-0.05, 0) is 58.2 Å². The average Bonchev–Trinajstić information content (AvgIpc) is 3.23. The normalized spacial score (nSPS) is 18.3. The average molecular weight is 374 g/mol. The molecule has 27 heavy (non-hydrogen) atoms. The highest BCUT2D eigenvalue weighted by molar-refractivity contribution is 5.88. The van der Waals surface area contributed by atoms with Crippen LogP contribution in [-0.4, -0.2) is 28.5 Å². The van der Waals surface area contributed by atoms with E-state index in [-0.39, 0.29) is 29.5 Å². The maximum Gasteiger partial charge on any atom is 0.320 e. The van der Waals surface area contributed by atoms with E-state index in [1.54, 1.807) is 16.8 Å². The molecule has 0 saturated carbocycles. The van der Waals surface area contributed by atoms with Crippen LogP contribution in [0.4, 0.5) is 15.0 Å². The van der Waals surface area contributed by atoms with Gasteiger partial charge in [0.15, 0.2) is 0 Å². The van der Waals surface area contributed by atoms with Crippen molar-refractivity contribution in [2.24, 2.45) is 0 Å². The second-order valence-corrected chi connectivity index (χ2v) is 7.93. The van der Waals surface area contributed by atoms with Crippen LogP contribution >= 0.6 is 0 Å². The number of anilines is 1. The van der Waals surface area contributed by atoms with Crippen molar-refractivity contribution in [2.75, 3.05) is 11.9 Å². The van der Waals surface area contributed by atoms with Crippen LogP contribution in [0.15, 0.2) is 30.3 Å². The molecule has 1 fully saturated rings. The topological polar surface area (TPSA) is 68.2 Å². The molecule has 2 amide bonds. The molecule has 0 spiro atoms. The first kappa shape index (κ1) is 19.4. The van der Waals surface area contributed by atoms with Crippen molar-refractivity contribution in [1.29, 1.82) is 0 Å². The third-order valence-corrected chi connectivity index (χ3v) is 4.56. The van der Waals surface area contributed by atoms with Gasteiger partial charge in [-0.3, -0.25) is 5.32 Å². The van der Waals surface area contributed by atoms with E-state index in [0.29, 0.717) is 12.4 Å². The lowest BCUT2D eigenvalue weighted by molar-refractivity contribution is 0.0815. The Kier molecular flexibility index (Phi) is 5.51. The van der Waals surface area contributed by atoms with Gasteiger partial charge < -0.3 is 10.1 Å². The lowest BCUT2D eigenvalue weighted by Gasteiger charge is -2.26. The van der Waals surface area contributed by atoms with Crippen LogP contribution in [-0.2, 0) is 10.3 Å². The summed E-state index contributed by atoms with van der Waals surface area (Å²) >= 11 is 0. The number of aryl methyl sites for hydroxylation is 1. The van der Waals surface area contributed by atoms with E-state index < -0.39 is 0 Å². The van der Waals surface area contributed by atoms with E-state index in [0.717, 1.165) is 24.1 Å². The Morgan fingerprint density at radius 3 is 2.63 bits per heavy atom. The molecule has 0 radical (unpaired) electrons. The fraction of sp³-hybridized carbons (Fsp3) is 0.500. The van der Waals surface area contributed by atoms with Crippen LogP contribution in [0.1, 0.15) is 50.9 Å². The maximum absolute atomic E-state index is 13.3. The molecule has 146 valence electrons. The molecule has 1 aliphatic rings. The molecular weight excluding hydrogens is 347 g/mol. The highest BCUT2D eigenvalue weighted by atomic mass is 19.1. The number of aromatic nitrogens is 2. The van der Waals surface area contributed by atoms with Gasteiger partial charge in [-0.25, -0.2) is 13.9 Å². The summed E-state index contributed by atoms with van der Waals surface area (Å²) in [7, 11) is 0. The number of carbonyl (C=O) groups is 1. The van der Waals surface area contributed by atoms with Crippen LogP contribution in [0.5, 0.6) is 0 Å². The molecule has 2 heterocycles. The summed E-state index contributed by atoms with van der Waals surface area (Å²) in [4.78, 5) is 12.7. The van der Waals surface area contributed by atoms with Gasteiger partial charge in [-0.15, -0.1) is 0 Å². The number of nitrogens with zero attached hydrogens (tertiary/aromatic N) is 2. The molecule has 1 aliphatic heterocycles. The van der Waals surface area contributed by atoms with E-state index in [9.17, 15) is 9.18 Å². The summed E-state index contributed by atoms with van der Waals surface area (Å²) in [6, 6.07) is 7.32. The number of amides is 2. The van der Waals surface area contributed by atoms with Crippen molar-refractivity contribution in [3.8, 4) is 0 Å². The Balaban J connectivity index is 1.78. The number of rotatable bonds is 4. The Morgan fingerprint density at radius 2 is 2.04 bits per heavy atom. The summed E-state index contributed by atoms with van der Waals surface area (Å²) in [5.41, 5.74) is 1.38. The highest BCUT2D eigenvalue weighted by Gasteiger charge is 2.29. The van der Waals surface area contributed by atoms with E-state index in [2.05, 4.69) is 15.7 Å². The van der Waals surface area contributed by atoms with Crippen molar-refractivity contribution in [3.63, 3.8) is 0 Å². The van der Waals surface area contributed by atoms with Crippen LogP contribution < -0.4 is 10.6 Å². The molecule has 1 aromatic carbocycles. The van der Waals surface area contributed by atoms with Gasteiger partial charge in [0, 0.05) is 12.7 Å². The summed E-state index contributed by atoms with van der Waals surface area (Å²) in [5, 5.41) is 10.4. The van der Waals surface area contributed by atoms with Crippen LogP contribution in [0, 0.1) is 12.7 Å². The van der Waals surface area contributed by atoms with Crippen molar-refractivity contribution < 1.29 is 13.9 Å². The van der Waals surface area contributed by atoms with Gasteiger partial charge in [0.2, 0.25) is 0 Å². The molecule has 2 N–H and O–H groups in total. The Hall–Kier alpha value is -2.41. The molecule has 2 unspecified atom stereocenters. The number of hydrogen-bond acceptors (Lipinski definition) is 3. The van der Waals surface area contributed by atoms with Crippen LogP contribution in [0.25, 0.3) is 0 Å². The van der Waals surface area contributed by atoms with Gasteiger partial charge in [0.05, 0.1) is 23.4 Å². The van der Waals surface area contributed by atoms with E-state index in [4.69, 9.17) is 4.74 Å². The Bertz CT molecular complexity index is 789. The fourth-order valence-corrected chi connectivity index (χ4v) is 3.32. The zero-order chi connectivity index (χ0) is 19.6. The number of carbonyl (C=O) groups excluding carboxylic acids is 1. The minimum Gasteiger partial charge on any atom is -0.376 e. The van der Waals surface area contributed by atoms with Crippen molar-refractivity contribution in [1.82, 2.24) is 15.1 Å². The first-order chi connectivity index (χ1) is 12.7. The lowest BCUT2D eigenvalue weighted by atomic mass is 9.99. The van der Waals surface area contributed by atoms with Crippen LogP contribution in [0.2, 0.25) is 0 Å². The number of urea groups is 1. The van der Waals surface area contributed by atoms with Gasteiger partial charge in [0.1, 0.15) is 11.6 Å². The summed E-state index contributed by atoms with van der Waals surface area (Å²) in [6.07, 6.45) is 1.67. The SMILES string of the molecule is Cc1cc(NC(=O)NC(c2ccc(F)cc2)C2CCCO2)n(C(C)(C)C)n1. The molecule has 3 rings (SSSR count). The third kappa shape index (κ3) is 4.66. The standard InChI is InChI=1S/C20H27FN4O2/c1-13-12-17(25(24-13)20(2,3)4)22-19(26)23-18(16-6-5-11-27-16)14-7-9-15(21)10-8-14/h7-10,12,16,18H,5-6,11H2,1-4H3,(H2,22,23,26).